The number of hydrogen-bond donors (Lipinski definition) is 0. The minimum Gasteiger partial charge on any atom is -0.460 e. The van der Waals surface area contributed by atoms with E-state index < -0.39 is 15.4 Å². The number of hydrogen-bond acceptors (Lipinski definition) is 4. The number of benzene rings is 1. The van der Waals surface area contributed by atoms with Crippen LogP contribution in [0.4, 0.5) is 0 Å². The summed E-state index contributed by atoms with van der Waals surface area (Å²) >= 11 is 0. The fourth-order valence-electron chi connectivity index (χ4n) is 1.64. The molecule has 0 heterocycles. The molecule has 0 spiro atoms. The second kappa shape index (κ2) is 6.89. The van der Waals surface area contributed by atoms with Crippen molar-refractivity contribution < 1.29 is 17.9 Å². The van der Waals surface area contributed by atoms with Crippen LogP contribution >= 0.6 is 0 Å². The number of rotatable bonds is 5. The highest BCUT2D eigenvalue weighted by Gasteiger charge is 2.18. The minimum atomic E-state index is -3.46. The van der Waals surface area contributed by atoms with Gasteiger partial charge in [-0.05, 0) is 38.8 Å². The van der Waals surface area contributed by atoms with E-state index in [4.69, 9.17) is 4.74 Å². The molecule has 0 aromatic heterocycles. The minimum absolute atomic E-state index is 0.151. The zero-order chi connectivity index (χ0) is 16.1. The standard InChI is InChI=1S/C16H22O4S/c1-13(12-15(17)20-16(2,3)4)10-11-21(18,19)14-8-6-5-7-9-14/h5-11,13H,12H2,1-4H3. The molecule has 0 N–H and O–H groups in total. The van der Waals surface area contributed by atoms with E-state index in [9.17, 15) is 13.2 Å². The molecule has 1 aromatic rings. The number of ether oxygens (including phenoxy) is 1. The number of carbonyl (C=O) groups excluding carboxylic acids is 1. The molecule has 1 aromatic carbocycles. The van der Waals surface area contributed by atoms with Gasteiger partial charge in [0.25, 0.3) is 0 Å². The van der Waals surface area contributed by atoms with E-state index in [1.807, 2.05) is 0 Å². The van der Waals surface area contributed by atoms with Gasteiger partial charge in [0, 0.05) is 5.41 Å². The third kappa shape index (κ3) is 6.58. The smallest absolute Gasteiger partial charge is 0.306 e. The van der Waals surface area contributed by atoms with Gasteiger partial charge >= 0.3 is 5.97 Å². The normalized spacial score (nSPS) is 14.1. The average Bonchev–Trinajstić information content (AvgIpc) is 2.35. The maximum absolute atomic E-state index is 12.0. The molecule has 0 saturated carbocycles. The Morgan fingerprint density at radius 1 is 1.24 bits per heavy atom. The zero-order valence-corrected chi connectivity index (χ0v) is 13.7. The maximum atomic E-state index is 12.0. The molecule has 21 heavy (non-hydrogen) atoms. The molecule has 0 saturated heterocycles. The number of allylic oxidation sites excluding steroid dienone is 1. The summed E-state index contributed by atoms with van der Waals surface area (Å²) in [4.78, 5) is 11.9. The van der Waals surface area contributed by atoms with E-state index in [2.05, 4.69) is 0 Å². The van der Waals surface area contributed by atoms with Gasteiger partial charge in [0.2, 0.25) is 0 Å². The highest BCUT2D eigenvalue weighted by molar-refractivity contribution is 7.94. The lowest BCUT2D eigenvalue weighted by Gasteiger charge is -2.20. The Labute approximate surface area is 126 Å². The summed E-state index contributed by atoms with van der Waals surface area (Å²) in [6.07, 6.45) is 1.67. The van der Waals surface area contributed by atoms with Crippen LogP contribution in [0.15, 0.2) is 46.7 Å². The maximum Gasteiger partial charge on any atom is 0.306 e. The van der Waals surface area contributed by atoms with E-state index in [-0.39, 0.29) is 23.2 Å². The zero-order valence-electron chi connectivity index (χ0n) is 12.9. The molecule has 5 heteroatoms. The average molecular weight is 310 g/mol. The van der Waals surface area contributed by atoms with Gasteiger partial charge in [-0.1, -0.05) is 31.2 Å². The fourth-order valence-corrected chi connectivity index (χ4v) is 2.81. The van der Waals surface area contributed by atoms with Crippen LogP contribution in [0.1, 0.15) is 34.1 Å². The summed E-state index contributed by atoms with van der Waals surface area (Å²) in [6, 6.07) is 8.18. The molecule has 0 aliphatic heterocycles. The lowest BCUT2D eigenvalue weighted by molar-refractivity contribution is -0.155. The summed E-state index contributed by atoms with van der Waals surface area (Å²) in [7, 11) is -3.46. The number of carbonyl (C=O) groups is 1. The van der Waals surface area contributed by atoms with E-state index in [0.717, 1.165) is 5.41 Å². The lowest BCUT2D eigenvalue weighted by Crippen LogP contribution is -2.24. The quantitative estimate of drug-likeness (QED) is 0.783. The molecule has 0 aliphatic rings. The van der Waals surface area contributed by atoms with Gasteiger partial charge in [0.1, 0.15) is 5.60 Å². The summed E-state index contributed by atoms with van der Waals surface area (Å²) < 4.78 is 29.3. The van der Waals surface area contributed by atoms with Crippen molar-refractivity contribution in [3.05, 3.63) is 41.8 Å². The van der Waals surface area contributed by atoms with Gasteiger partial charge in [-0.2, -0.15) is 0 Å². The molecular weight excluding hydrogens is 288 g/mol. The van der Waals surface area contributed by atoms with Crippen LogP contribution < -0.4 is 0 Å². The first-order chi connectivity index (χ1) is 9.60. The molecular formula is C16H22O4S. The van der Waals surface area contributed by atoms with Crippen molar-refractivity contribution in [2.75, 3.05) is 0 Å². The summed E-state index contributed by atoms with van der Waals surface area (Å²) in [5.74, 6) is -0.546. The Bertz CT molecular complexity index is 595. The monoisotopic (exact) mass is 310 g/mol. The third-order valence-corrected chi connectivity index (χ3v) is 4.01. The Balaban J connectivity index is 2.66. The Morgan fingerprint density at radius 2 is 1.81 bits per heavy atom. The first-order valence-electron chi connectivity index (χ1n) is 6.80. The third-order valence-electron chi connectivity index (χ3n) is 2.57. The first-order valence-corrected chi connectivity index (χ1v) is 8.35. The van der Waals surface area contributed by atoms with Crippen molar-refractivity contribution in [2.45, 2.75) is 44.6 Å². The second-order valence-electron chi connectivity index (χ2n) is 5.95. The van der Waals surface area contributed by atoms with Gasteiger partial charge in [-0.15, -0.1) is 0 Å². The predicted octanol–water partition coefficient (Wildman–Crippen LogP) is 3.34. The van der Waals surface area contributed by atoms with Gasteiger partial charge in [-0.25, -0.2) is 8.42 Å². The Kier molecular flexibility index (Phi) is 5.72. The van der Waals surface area contributed by atoms with Crippen LogP contribution in [0, 0.1) is 5.92 Å². The molecule has 116 valence electrons. The molecule has 0 radical (unpaired) electrons. The molecule has 1 rings (SSSR count). The highest BCUT2D eigenvalue weighted by Crippen LogP contribution is 2.15. The second-order valence-corrected chi connectivity index (χ2v) is 7.79. The molecule has 0 aliphatic carbocycles. The molecule has 0 amide bonds. The van der Waals surface area contributed by atoms with Crippen molar-refractivity contribution >= 4 is 15.8 Å². The molecule has 1 atom stereocenters. The number of esters is 1. The fraction of sp³-hybridized carbons (Fsp3) is 0.438. The van der Waals surface area contributed by atoms with Crippen LogP contribution in [0.3, 0.4) is 0 Å². The van der Waals surface area contributed by atoms with Crippen LogP contribution in [-0.2, 0) is 19.4 Å². The van der Waals surface area contributed by atoms with Crippen LogP contribution in [-0.4, -0.2) is 20.0 Å². The van der Waals surface area contributed by atoms with Gasteiger partial charge in [0.05, 0.1) is 11.3 Å². The van der Waals surface area contributed by atoms with Gasteiger partial charge in [-0.3, -0.25) is 4.79 Å². The van der Waals surface area contributed by atoms with Crippen molar-refractivity contribution in [3.63, 3.8) is 0 Å². The van der Waals surface area contributed by atoms with Crippen molar-refractivity contribution in [1.29, 1.82) is 0 Å². The van der Waals surface area contributed by atoms with Crippen LogP contribution in [0.25, 0.3) is 0 Å². The van der Waals surface area contributed by atoms with E-state index >= 15 is 0 Å². The summed E-state index contributed by atoms with van der Waals surface area (Å²) in [6.45, 7) is 7.17. The Morgan fingerprint density at radius 3 is 2.33 bits per heavy atom. The SMILES string of the molecule is CC(C=CS(=O)(=O)c1ccccc1)CC(=O)OC(C)(C)C. The van der Waals surface area contributed by atoms with Gasteiger partial charge in [0.15, 0.2) is 9.84 Å². The lowest BCUT2D eigenvalue weighted by atomic mass is 10.1. The largest absolute Gasteiger partial charge is 0.460 e. The summed E-state index contributed by atoms with van der Waals surface area (Å²) in [5.41, 5.74) is -0.531. The van der Waals surface area contributed by atoms with Crippen molar-refractivity contribution in [1.82, 2.24) is 0 Å². The summed E-state index contributed by atoms with van der Waals surface area (Å²) in [5, 5.41) is 1.15. The topological polar surface area (TPSA) is 60.4 Å². The molecule has 1 unspecified atom stereocenters. The predicted molar refractivity (Wildman–Crippen MR) is 82.4 cm³/mol. The van der Waals surface area contributed by atoms with E-state index in [0.29, 0.717) is 0 Å². The van der Waals surface area contributed by atoms with Crippen molar-refractivity contribution in [3.8, 4) is 0 Å². The highest BCUT2D eigenvalue weighted by atomic mass is 32.2. The van der Waals surface area contributed by atoms with Crippen LogP contribution in [0.2, 0.25) is 0 Å². The molecule has 0 fully saturated rings. The van der Waals surface area contributed by atoms with E-state index in [1.165, 1.54) is 18.2 Å². The van der Waals surface area contributed by atoms with Gasteiger partial charge < -0.3 is 4.74 Å². The molecule has 0 bridgehead atoms. The van der Waals surface area contributed by atoms with Crippen LogP contribution in [0.5, 0.6) is 0 Å². The van der Waals surface area contributed by atoms with E-state index in [1.54, 1.807) is 45.9 Å². The first kappa shape index (κ1) is 17.4. The van der Waals surface area contributed by atoms with Crippen molar-refractivity contribution in [2.24, 2.45) is 5.92 Å². The molecule has 4 nitrogen and oxygen atoms in total. The Hall–Kier alpha value is -1.62. The number of sulfone groups is 1.